The van der Waals surface area contributed by atoms with Gasteiger partial charge in [0.1, 0.15) is 0 Å². The number of carbonyl (C=O) groups excluding carboxylic acids is 1. The molecule has 70 valence electrons. The van der Waals surface area contributed by atoms with Crippen molar-refractivity contribution in [1.29, 1.82) is 0 Å². The second kappa shape index (κ2) is 4.17. The Morgan fingerprint density at radius 3 is 2.92 bits per heavy atom. The number of hydrogen-bond acceptors (Lipinski definition) is 3. The van der Waals surface area contributed by atoms with Crippen molar-refractivity contribution in [3.63, 3.8) is 0 Å². The lowest BCUT2D eigenvalue weighted by Crippen LogP contribution is -2.19. The van der Waals surface area contributed by atoms with Gasteiger partial charge in [0, 0.05) is 11.7 Å². The van der Waals surface area contributed by atoms with Gasteiger partial charge in [-0.2, -0.15) is 11.8 Å². The molecule has 0 N–H and O–H groups in total. The molecule has 1 fully saturated rings. The molecule has 1 saturated heterocycles. The number of carbonyl (C=O) groups is 1. The molecule has 1 unspecified atom stereocenters. The molecule has 12 heavy (non-hydrogen) atoms. The van der Waals surface area contributed by atoms with Crippen LogP contribution in [0.5, 0.6) is 0 Å². The summed E-state index contributed by atoms with van der Waals surface area (Å²) in [5.74, 6) is 1.10. The molecule has 0 aromatic heterocycles. The summed E-state index contributed by atoms with van der Waals surface area (Å²) in [7, 11) is 0. The highest BCUT2D eigenvalue weighted by molar-refractivity contribution is 8.00. The van der Waals surface area contributed by atoms with Crippen LogP contribution in [0.3, 0.4) is 0 Å². The maximum absolute atomic E-state index is 10.5. The summed E-state index contributed by atoms with van der Waals surface area (Å²) in [6.07, 6.45) is 3.57. The van der Waals surface area contributed by atoms with Crippen molar-refractivity contribution in [2.45, 2.75) is 37.9 Å². The zero-order valence-electron chi connectivity index (χ0n) is 7.76. The fraction of sp³-hybridized carbons (Fsp3) is 0.889. The van der Waals surface area contributed by atoms with E-state index in [-0.39, 0.29) is 5.97 Å². The molecule has 2 nitrogen and oxygen atoms in total. The van der Waals surface area contributed by atoms with E-state index in [9.17, 15) is 4.79 Å². The molecule has 0 saturated carbocycles. The first-order valence-corrected chi connectivity index (χ1v) is 5.38. The monoisotopic (exact) mass is 188 g/mol. The third kappa shape index (κ3) is 3.05. The molecule has 0 aromatic rings. The van der Waals surface area contributed by atoms with E-state index in [4.69, 9.17) is 4.74 Å². The third-order valence-electron chi connectivity index (χ3n) is 2.24. The lowest BCUT2D eigenvalue weighted by Gasteiger charge is -2.21. The summed E-state index contributed by atoms with van der Waals surface area (Å²) in [4.78, 5) is 10.5. The summed E-state index contributed by atoms with van der Waals surface area (Å²) in [5, 5.41) is 0. The van der Waals surface area contributed by atoms with Crippen molar-refractivity contribution in [3.8, 4) is 0 Å². The molecular formula is C9H16O2S. The van der Waals surface area contributed by atoms with Gasteiger partial charge in [-0.15, -0.1) is 0 Å². The number of rotatable bonds is 3. The van der Waals surface area contributed by atoms with Crippen LogP contribution in [-0.4, -0.2) is 23.1 Å². The van der Waals surface area contributed by atoms with E-state index in [0.717, 1.165) is 6.42 Å². The van der Waals surface area contributed by atoms with Crippen molar-refractivity contribution < 1.29 is 9.53 Å². The number of ether oxygens (including phenoxy) is 1. The van der Waals surface area contributed by atoms with Crippen LogP contribution in [0.15, 0.2) is 0 Å². The molecule has 0 amide bonds. The summed E-state index contributed by atoms with van der Waals surface area (Å²) in [5.41, 5.74) is 0. The zero-order valence-corrected chi connectivity index (χ0v) is 8.58. The van der Waals surface area contributed by atoms with Gasteiger partial charge in [-0.05, 0) is 25.0 Å². The minimum absolute atomic E-state index is 0.165. The summed E-state index contributed by atoms with van der Waals surface area (Å²) in [6.45, 7) is 4.30. The number of esters is 1. The van der Waals surface area contributed by atoms with Crippen LogP contribution in [0.4, 0.5) is 0 Å². The second-order valence-electron chi connectivity index (χ2n) is 3.49. The normalized spacial score (nSPS) is 28.8. The second-order valence-corrected chi connectivity index (χ2v) is 5.17. The fourth-order valence-corrected chi connectivity index (χ4v) is 2.74. The average molecular weight is 188 g/mol. The predicted molar refractivity (Wildman–Crippen MR) is 51.3 cm³/mol. The van der Waals surface area contributed by atoms with E-state index in [1.165, 1.54) is 25.5 Å². The molecule has 1 aliphatic rings. The molecule has 1 atom stereocenters. The maximum atomic E-state index is 10.5. The van der Waals surface area contributed by atoms with Gasteiger partial charge in [-0.3, -0.25) is 4.79 Å². The average Bonchev–Trinajstić information content (AvgIpc) is 2.35. The Balaban J connectivity index is 2.17. The Bertz CT molecular complexity index is 162. The van der Waals surface area contributed by atoms with Gasteiger partial charge in [0.2, 0.25) is 0 Å². The van der Waals surface area contributed by atoms with Crippen molar-refractivity contribution in [2.24, 2.45) is 0 Å². The lowest BCUT2D eigenvalue weighted by atomic mass is 10.0. The first-order chi connectivity index (χ1) is 5.62. The SMILES string of the molecule is CC(=O)OCCC1(C)CCCS1. The number of hydrogen-bond donors (Lipinski definition) is 0. The Morgan fingerprint density at radius 2 is 2.42 bits per heavy atom. The van der Waals surface area contributed by atoms with Gasteiger partial charge in [0.05, 0.1) is 6.61 Å². The standard InChI is InChI=1S/C9H16O2S/c1-8(10)11-6-5-9(2)4-3-7-12-9/h3-7H2,1-2H3. The summed E-state index contributed by atoms with van der Waals surface area (Å²) in [6, 6.07) is 0. The van der Waals surface area contributed by atoms with Crippen molar-refractivity contribution >= 4 is 17.7 Å². The van der Waals surface area contributed by atoms with E-state index in [2.05, 4.69) is 6.92 Å². The van der Waals surface area contributed by atoms with Gasteiger partial charge in [0.15, 0.2) is 0 Å². The quantitative estimate of drug-likeness (QED) is 0.635. The Kier molecular flexibility index (Phi) is 3.44. The molecule has 1 rings (SSSR count). The van der Waals surface area contributed by atoms with E-state index in [1.54, 1.807) is 0 Å². The number of thioether (sulfide) groups is 1. The fourth-order valence-electron chi connectivity index (χ4n) is 1.44. The van der Waals surface area contributed by atoms with Crippen molar-refractivity contribution in [3.05, 3.63) is 0 Å². The Hall–Kier alpha value is -0.180. The smallest absolute Gasteiger partial charge is 0.302 e. The van der Waals surface area contributed by atoms with Crippen LogP contribution in [0, 0.1) is 0 Å². The Morgan fingerprint density at radius 1 is 1.67 bits per heavy atom. The van der Waals surface area contributed by atoms with E-state index >= 15 is 0 Å². The van der Waals surface area contributed by atoms with Gasteiger partial charge < -0.3 is 4.74 Å². The molecule has 1 aliphatic heterocycles. The van der Waals surface area contributed by atoms with E-state index in [0.29, 0.717) is 11.4 Å². The molecule has 0 spiro atoms. The van der Waals surface area contributed by atoms with Crippen molar-refractivity contribution in [1.82, 2.24) is 0 Å². The molecular weight excluding hydrogens is 172 g/mol. The van der Waals surface area contributed by atoms with Crippen LogP contribution in [0.25, 0.3) is 0 Å². The summed E-state index contributed by atoms with van der Waals surface area (Å²) >= 11 is 2.01. The highest BCUT2D eigenvalue weighted by atomic mass is 32.2. The van der Waals surface area contributed by atoms with Crippen LogP contribution in [0.1, 0.15) is 33.1 Å². The zero-order chi connectivity index (χ0) is 9.03. The van der Waals surface area contributed by atoms with Crippen LogP contribution in [0.2, 0.25) is 0 Å². The highest BCUT2D eigenvalue weighted by Gasteiger charge is 2.29. The van der Waals surface area contributed by atoms with Gasteiger partial charge in [-0.1, -0.05) is 6.92 Å². The summed E-state index contributed by atoms with van der Waals surface area (Å²) < 4.78 is 5.29. The van der Waals surface area contributed by atoms with Gasteiger partial charge in [0.25, 0.3) is 0 Å². The van der Waals surface area contributed by atoms with Crippen LogP contribution >= 0.6 is 11.8 Å². The van der Waals surface area contributed by atoms with E-state index in [1.807, 2.05) is 11.8 Å². The Labute approximate surface area is 78.1 Å². The minimum Gasteiger partial charge on any atom is -0.466 e. The van der Waals surface area contributed by atoms with Crippen molar-refractivity contribution in [2.75, 3.05) is 12.4 Å². The predicted octanol–water partition coefficient (Wildman–Crippen LogP) is 2.23. The largest absolute Gasteiger partial charge is 0.466 e. The lowest BCUT2D eigenvalue weighted by molar-refractivity contribution is -0.141. The minimum atomic E-state index is -0.165. The highest BCUT2D eigenvalue weighted by Crippen LogP contribution is 2.40. The van der Waals surface area contributed by atoms with Gasteiger partial charge in [-0.25, -0.2) is 0 Å². The maximum Gasteiger partial charge on any atom is 0.302 e. The molecule has 0 bridgehead atoms. The van der Waals surface area contributed by atoms with Crippen LogP contribution < -0.4 is 0 Å². The first-order valence-electron chi connectivity index (χ1n) is 4.40. The molecule has 1 heterocycles. The topological polar surface area (TPSA) is 26.3 Å². The first kappa shape index (κ1) is 9.90. The molecule has 3 heteroatoms. The van der Waals surface area contributed by atoms with Crippen LogP contribution in [-0.2, 0) is 9.53 Å². The molecule has 0 radical (unpaired) electrons. The molecule has 0 aromatic carbocycles. The van der Waals surface area contributed by atoms with E-state index < -0.39 is 0 Å². The molecule has 0 aliphatic carbocycles. The third-order valence-corrected chi connectivity index (χ3v) is 3.83. The van der Waals surface area contributed by atoms with Gasteiger partial charge >= 0.3 is 5.97 Å².